The van der Waals surface area contributed by atoms with Crippen molar-refractivity contribution in [2.45, 2.75) is 39.3 Å². The summed E-state index contributed by atoms with van der Waals surface area (Å²) in [5.41, 5.74) is 4.17. The number of pyridine rings is 1. The minimum absolute atomic E-state index is 0.119. The molecule has 0 N–H and O–H groups in total. The summed E-state index contributed by atoms with van der Waals surface area (Å²) in [6.07, 6.45) is 2.88. The third kappa shape index (κ3) is 3.10. The number of carbonyl (C=O) groups is 1. The molecule has 6 heteroatoms. The second kappa shape index (κ2) is 6.71. The van der Waals surface area contributed by atoms with Crippen LogP contribution >= 0.6 is 0 Å². The highest BCUT2D eigenvalue weighted by molar-refractivity contribution is 5.79. The number of hydrogen-bond donors (Lipinski definition) is 0. The lowest BCUT2D eigenvalue weighted by Crippen LogP contribution is -2.27. The number of nitrogens with zero attached hydrogens (tertiary/aromatic N) is 4. The largest absolute Gasteiger partial charge is 0.337 e. The molecule has 3 aromatic rings. The molecule has 26 heavy (non-hydrogen) atoms. The van der Waals surface area contributed by atoms with E-state index in [9.17, 15) is 4.79 Å². The van der Waals surface area contributed by atoms with Crippen molar-refractivity contribution in [3.05, 3.63) is 65.2 Å². The summed E-state index contributed by atoms with van der Waals surface area (Å²) in [6.45, 7) is 4.68. The minimum atomic E-state index is -0.188. The fourth-order valence-corrected chi connectivity index (χ4v) is 3.31. The fraction of sp³-hybridized carbons (Fsp3) is 0.300. The molecule has 1 aromatic carbocycles. The van der Waals surface area contributed by atoms with E-state index in [4.69, 9.17) is 4.52 Å². The fourth-order valence-electron chi connectivity index (χ4n) is 3.31. The van der Waals surface area contributed by atoms with E-state index in [2.05, 4.69) is 47.2 Å². The van der Waals surface area contributed by atoms with Gasteiger partial charge in [-0.05, 0) is 43.5 Å². The van der Waals surface area contributed by atoms with E-state index in [-0.39, 0.29) is 11.9 Å². The van der Waals surface area contributed by atoms with E-state index in [0.717, 1.165) is 5.56 Å². The smallest absolute Gasteiger partial charge is 0.249 e. The van der Waals surface area contributed by atoms with Gasteiger partial charge in [0, 0.05) is 19.2 Å². The summed E-state index contributed by atoms with van der Waals surface area (Å²) in [5, 5.41) is 4.04. The normalized spacial score (nSPS) is 17.1. The summed E-state index contributed by atoms with van der Waals surface area (Å²) in [5.74, 6) is 1.04. The Morgan fingerprint density at radius 2 is 2.12 bits per heavy atom. The Morgan fingerprint density at radius 1 is 1.23 bits per heavy atom. The first-order chi connectivity index (χ1) is 12.6. The van der Waals surface area contributed by atoms with E-state index in [1.807, 2.05) is 23.1 Å². The van der Waals surface area contributed by atoms with Crippen LogP contribution in [0.5, 0.6) is 0 Å². The number of rotatable bonds is 4. The van der Waals surface area contributed by atoms with Crippen LogP contribution in [0.25, 0.3) is 11.5 Å². The van der Waals surface area contributed by atoms with Gasteiger partial charge in [-0.25, -0.2) is 0 Å². The van der Waals surface area contributed by atoms with E-state index in [1.54, 1.807) is 6.20 Å². The summed E-state index contributed by atoms with van der Waals surface area (Å²) in [7, 11) is 0. The maximum Gasteiger partial charge on any atom is 0.249 e. The van der Waals surface area contributed by atoms with Crippen molar-refractivity contribution in [3.63, 3.8) is 0 Å². The lowest BCUT2D eigenvalue weighted by atomic mass is 10.0. The van der Waals surface area contributed by atoms with Crippen LogP contribution in [0, 0.1) is 13.8 Å². The number of amides is 1. The number of aryl methyl sites for hydroxylation is 2. The molecule has 3 heterocycles. The van der Waals surface area contributed by atoms with Crippen molar-refractivity contribution >= 4 is 5.91 Å². The second-order valence-electron chi connectivity index (χ2n) is 6.68. The van der Waals surface area contributed by atoms with Crippen molar-refractivity contribution in [2.24, 2.45) is 0 Å². The quantitative estimate of drug-likeness (QED) is 0.720. The molecule has 1 amide bonds. The Bertz CT molecular complexity index is 936. The number of hydrogen-bond acceptors (Lipinski definition) is 5. The van der Waals surface area contributed by atoms with Gasteiger partial charge in [-0.2, -0.15) is 4.98 Å². The Kier molecular flexibility index (Phi) is 4.24. The zero-order valence-corrected chi connectivity index (χ0v) is 14.8. The summed E-state index contributed by atoms with van der Waals surface area (Å²) in [4.78, 5) is 23.0. The van der Waals surface area contributed by atoms with Gasteiger partial charge in [0.1, 0.15) is 11.7 Å². The van der Waals surface area contributed by atoms with Crippen LogP contribution in [0.4, 0.5) is 0 Å². The molecule has 0 saturated carbocycles. The lowest BCUT2D eigenvalue weighted by molar-refractivity contribution is -0.130. The first kappa shape index (κ1) is 16.4. The van der Waals surface area contributed by atoms with Crippen LogP contribution in [0.3, 0.4) is 0 Å². The highest BCUT2D eigenvalue weighted by atomic mass is 16.5. The monoisotopic (exact) mass is 348 g/mol. The maximum atomic E-state index is 12.5. The van der Waals surface area contributed by atoms with Crippen LogP contribution in [-0.4, -0.2) is 25.9 Å². The van der Waals surface area contributed by atoms with Crippen LogP contribution in [0.2, 0.25) is 0 Å². The van der Waals surface area contributed by atoms with Crippen LogP contribution in [-0.2, 0) is 11.3 Å². The highest BCUT2D eigenvalue weighted by Gasteiger charge is 2.36. The summed E-state index contributed by atoms with van der Waals surface area (Å²) < 4.78 is 5.48. The molecule has 0 spiro atoms. The standard InChI is InChI=1S/C20H20N4O2/c1-13-6-7-14(2)15(11-13)12-24-17(8-9-18(24)25)20-22-19(23-26-20)16-5-3-4-10-21-16/h3-7,10-11,17H,8-9,12H2,1-2H3. The lowest BCUT2D eigenvalue weighted by Gasteiger charge is -2.23. The van der Waals surface area contributed by atoms with Gasteiger partial charge in [0.2, 0.25) is 17.6 Å². The number of carbonyl (C=O) groups excluding carboxylic acids is 1. The molecule has 1 unspecified atom stereocenters. The third-order valence-electron chi connectivity index (χ3n) is 4.79. The molecular formula is C20H20N4O2. The average Bonchev–Trinajstić information content (AvgIpc) is 3.27. The third-order valence-corrected chi connectivity index (χ3v) is 4.79. The molecule has 0 radical (unpaired) electrons. The average molecular weight is 348 g/mol. The first-order valence-corrected chi connectivity index (χ1v) is 8.72. The first-order valence-electron chi connectivity index (χ1n) is 8.72. The summed E-state index contributed by atoms with van der Waals surface area (Å²) in [6, 6.07) is 11.7. The van der Waals surface area contributed by atoms with Gasteiger partial charge >= 0.3 is 0 Å². The molecule has 132 valence electrons. The van der Waals surface area contributed by atoms with E-state index in [1.165, 1.54) is 11.1 Å². The van der Waals surface area contributed by atoms with Gasteiger partial charge in [0.25, 0.3) is 0 Å². The number of benzene rings is 1. The SMILES string of the molecule is Cc1ccc(C)c(CN2C(=O)CCC2c2nc(-c3ccccn3)no2)c1. The molecule has 4 rings (SSSR count). The Labute approximate surface area is 151 Å². The molecule has 1 saturated heterocycles. The van der Waals surface area contributed by atoms with Gasteiger partial charge in [-0.1, -0.05) is 35.0 Å². The number of likely N-dealkylation sites (tertiary alicyclic amines) is 1. The van der Waals surface area contributed by atoms with Crippen molar-refractivity contribution < 1.29 is 9.32 Å². The van der Waals surface area contributed by atoms with Crippen molar-refractivity contribution in [1.29, 1.82) is 0 Å². The molecule has 1 aliphatic heterocycles. The van der Waals surface area contributed by atoms with Crippen LogP contribution in [0.1, 0.15) is 41.5 Å². The van der Waals surface area contributed by atoms with E-state index < -0.39 is 0 Å². The van der Waals surface area contributed by atoms with Crippen molar-refractivity contribution in [2.75, 3.05) is 0 Å². The molecular weight excluding hydrogens is 328 g/mol. The topological polar surface area (TPSA) is 72.1 Å². The van der Waals surface area contributed by atoms with Gasteiger partial charge in [-0.15, -0.1) is 0 Å². The van der Waals surface area contributed by atoms with Gasteiger partial charge in [0.15, 0.2) is 0 Å². The minimum Gasteiger partial charge on any atom is -0.337 e. The Balaban J connectivity index is 1.61. The zero-order valence-electron chi connectivity index (χ0n) is 14.8. The van der Waals surface area contributed by atoms with E-state index in [0.29, 0.717) is 36.8 Å². The molecule has 1 atom stereocenters. The second-order valence-corrected chi connectivity index (χ2v) is 6.68. The molecule has 2 aromatic heterocycles. The van der Waals surface area contributed by atoms with Crippen LogP contribution in [0.15, 0.2) is 47.1 Å². The van der Waals surface area contributed by atoms with Gasteiger partial charge in [-0.3, -0.25) is 9.78 Å². The summed E-state index contributed by atoms with van der Waals surface area (Å²) >= 11 is 0. The van der Waals surface area contributed by atoms with Crippen LogP contribution < -0.4 is 0 Å². The van der Waals surface area contributed by atoms with Gasteiger partial charge < -0.3 is 9.42 Å². The van der Waals surface area contributed by atoms with E-state index >= 15 is 0 Å². The predicted octanol–water partition coefficient (Wildman–Crippen LogP) is 3.61. The Morgan fingerprint density at radius 3 is 2.92 bits per heavy atom. The van der Waals surface area contributed by atoms with Crippen molar-refractivity contribution in [3.8, 4) is 11.5 Å². The highest BCUT2D eigenvalue weighted by Crippen LogP contribution is 2.34. The predicted molar refractivity (Wildman–Crippen MR) is 96.0 cm³/mol. The molecule has 6 nitrogen and oxygen atoms in total. The zero-order chi connectivity index (χ0) is 18.1. The molecule has 0 bridgehead atoms. The molecule has 0 aliphatic carbocycles. The number of aromatic nitrogens is 3. The van der Waals surface area contributed by atoms with Crippen molar-refractivity contribution in [1.82, 2.24) is 20.0 Å². The van der Waals surface area contributed by atoms with Gasteiger partial charge in [0.05, 0.1) is 0 Å². The maximum absolute atomic E-state index is 12.5. The molecule has 1 fully saturated rings. The molecule has 1 aliphatic rings. The Hall–Kier alpha value is -3.02.